The Balaban J connectivity index is 1.94. The number of nitrogen functional groups attached to an aromatic ring is 1. The number of nitrogens with zero attached hydrogens (tertiary/aromatic N) is 4. The van der Waals surface area contributed by atoms with Crippen molar-refractivity contribution in [3.8, 4) is 0 Å². The lowest BCUT2D eigenvalue weighted by molar-refractivity contribution is 0.0950. The number of anilines is 1. The van der Waals surface area contributed by atoms with E-state index in [9.17, 15) is 4.79 Å². The highest BCUT2D eigenvalue weighted by atomic mass is 32.1. The van der Waals surface area contributed by atoms with Crippen molar-refractivity contribution < 1.29 is 4.79 Å². The molecule has 0 fully saturated rings. The van der Waals surface area contributed by atoms with Crippen molar-refractivity contribution in [1.82, 2.24) is 25.5 Å². The number of aryl methyl sites for hydroxylation is 1. The molecule has 2 rings (SSSR count). The molecule has 18 heavy (non-hydrogen) atoms. The molecule has 0 radical (unpaired) electrons. The van der Waals surface area contributed by atoms with Crippen LogP contribution in [0.4, 0.5) is 5.13 Å². The molecule has 0 aliphatic carbocycles. The molecule has 7 nitrogen and oxygen atoms in total. The molecule has 3 N–H and O–H groups in total. The van der Waals surface area contributed by atoms with E-state index >= 15 is 0 Å². The Bertz CT molecular complexity index is 538. The minimum Gasteiger partial charge on any atom is -0.374 e. The third-order valence-corrected chi connectivity index (χ3v) is 2.92. The number of nitrogens with two attached hydrogens (primary N) is 1. The first kappa shape index (κ1) is 12.4. The van der Waals surface area contributed by atoms with E-state index in [1.165, 1.54) is 23.7 Å². The summed E-state index contributed by atoms with van der Waals surface area (Å²) in [7, 11) is 0. The van der Waals surface area contributed by atoms with Crippen LogP contribution < -0.4 is 11.1 Å². The van der Waals surface area contributed by atoms with Crippen LogP contribution in [0.25, 0.3) is 0 Å². The molecule has 2 aromatic heterocycles. The fourth-order valence-electron chi connectivity index (χ4n) is 1.25. The van der Waals surface area contributed by atoms with Gasteiger partial charge >= 0.3 is 0 Å². The van der Waals surface area contributed by atoms with E-state index in [2.05, 4.69) is 25.5 Å². The van der Waals surface area contributed by atoms with Gasteiger partial charge in [-0.2, -0.15) is 0 Å². The number of aromatic nitrogens is 4. The van der Waals surface area contributed by atoms with Gasteiger partial charge in [0.25, 0.3) is 5.91 Å². The maximum atomic E-state index is 11.8. The van der Waals surface area contributed by atoms with Crippen LogP contribution in [0.15, 0.2) is 12.4 Å². The quantitative estimate of drug-likeness (QED) is 0.828. The lowest BCUT2D eigenvalue weighted by Crippen LogP contribution is -2.23. The van der Waals surface area contributed by atoms with E-state index < -0.39 is 0 Å². The van der Waals surface area contributed by atoms with Gasteiger partial charge in [-0.05, 0) is 0 Å². The van der Waals surface area contributed by atoms with E-state index in [1.807, 2.05) is 6.92 Å². The van der Waals surface area contributed by atoms with Crippen LogP contribution in [0.1, 0.15) is 28.1 Å². The fourth-order valence-corrected chi connectivity index (χ4v) is 1.80. The van der Waals surface area contributed by atoms with Gasteiger partial charge in [-0.15, -0.1) is 10.2 Å². The summed E-state index contributed by atoms with van der Waals surface area (Å²) in [5.41, 5.74) is 5.86. The fraction of sp³-hybridized carbons (Fsp3) is 0.300. The topological polar surface area (TPSA) is 107 Å². The highest BCUT2D eigenvalue weighted by Gasteiger charge is 2.08. The first-order valence-electron chi connectivity index (χ1n) is 5.36. The van der Waals surface area contributed by atoms with E-state index in [4.69, 9.17) is 5.73 Å². The summed E-state index contributed by atoms with van der Waals surface area (Å²) in [6.07, 6.45) is 3.76. The Morgan fingerprint density at radius 3 is 2.67 bits per heavy atom. The van der Waals surface area contributed by atoms with Crippen molar-refractivity contribution in [3.05, 3.63) is 28.8 Å². The minimum absolute atomic E-state index is 0.244. The largest absolute Gasteiger partial charge is 0.374 e. The van der Waals surface area contributed by atoms with Crippen LogP contribution in [0.2, 0.25) is 0 Å². The molecule has 0 aromatic carbocycles. The zero-order valence-electron chi connectivity index (χ0n) is 9.75. The summed E-state index contributed by atoms with van der Waals surface area (Å²) in [6, 6.07) is 0. The normalized spacial score (nSPS) is 10.3. The first-order valence-corrected chi connectivity index (χ1v) is 6.17. The van der Waals surface area contributed by atoms with Gasteiger partial charge in [0, 0.05) is 18.8 Å². The standard InChI is InChI=1S/C10H12N6OS/c1-2-7-12-3-6(4-13-7)9(17)14-5-8-15-16-10(11)18-8/h3-4H,2,5H2,1H3,(H2,11,16)(H,14,17). The summed E-state index contributed by atoms with van der Waals surface area (Å²) >= 11 is 1.24. The molecule has 0 bridgehead atoms. The molecule has 94 valence electrons. The zero-order valence-corrected chi connectivity index (χ0v) is 10.6. The maximum absolute atomic E-state index is 11.8. The number of carbonyl (C=O) groups is 1. The van der Waals surface area contributed by atoms with Crippen molar-refractivity contribution in [3.63, 3.8) is 0 Å². The average Bonchev–Trinajstić information content (AvgIpc) is 2.82. The second kappa shape index (κ2) is 5.50. The number of nitrogens with one attached hydrogen (secondary N) is 1. The Kier molecular flexibility index (Phi) is 3.78. The Hall–Kier alpha value is -2.09. The monoisotopic (exact) mass is 264 g/mol. The van der Waals surface area contributed by atoms with Crippen molar-refractivity contribution in [2.75, 3.05) is 5.73 Å². The van der Waals surface area contributed by atoms with E-state index in [0.717, 1.165) is 6.42 Å². The van der Waals surface area contributed by atoms with E-state index in [0.29, 0.717) is 28.1 Å². The van der Waals surface area contributed by atoms with Crippen molar-refractivity contribution in [1.29, 1.82) is 0 Å². The molecule has 0 unspecified atom stereocenters. The third kappa shape index (κ3) is 2.98. The lowest BCUT2D eigenvalue weighted by Gasteiger charge is -2.02. The SMILES string of the molecule is CCc1ncc(C(=O)NCc2nnc(N)s2)cn1. The molecule has 2 aromatic rings. The van der Waals surface area contributed by atoms with Crippen LogP contribution in [0.3, 0.4) is 0 Å². The van der Waals surface area contributed by atoms with Crippen molar-refractivity contribution in [2.45, 2.75) is 19.9 Å². The summed E-state index contributed by atoms with van der Waals surface area (Å²) in [5, 5.41) is 11.2. The molecule has 0 atom stereocenters. The molecule has 0 spiro atoms. The van der Waals surface area contributed by atoms with Gasteiger partial charge in [0.05, 0.1) is 12.1 Å². The highest BCUT2D eigenvalue weighted by Crippen LogP contribution is 2.10. The van der Waals surface area contributed by atoms with E-state index in [1.54, 1.807) is 0 Å². The van der Waals surface area contributed by atoms with Crippen LogP contribution in [-0.2, 0) is 13.0 Å². The van der Waals surface area contributed by atoms with E-state index in [-0.39, 0.29) is 5.91 Å². The molecule has 1 amide bonds. The number of rotatable bonds is 4. The molecule has 0 aliphatic heterocycles. The van der Waals surface area contributed by atoms with Crippen molar-refractivity contribution >= 4 is 22.4 Å². The molecule has 2 heterocycles. The predicted molar refractivity (Wildman–Crippen MR) is 66.9 cm³/mol. The predicted octanol–water partition coefficient (Wildman–Crippen LogP) is 0.403. The summed E-state index contributed by atoms with van der Waals surface area (Å²) in [5.74, 6) is 0.467. The van der Waals surface area contributed by atoms with Crippen LogP contribution in [-0.4, -0.2) is 26.1 Å². The number of hydrogen-bond acceptors (Lipinski definition) is 7. The summed E-state index contributed by atoms with van der Waals surface area (Å²) < 4.78 is 0. The van der Waals surface area contributed by atoms with Crippen molar-refractivity contribution in [2.24, 2.45) is 0 Å². The second-order valence-electron chi connectivity index (χ2n) is 3.46. The Morgan fingerprint density at radius 1 is 1.39 bits per heavy atom. The summed E-state index contributed by atoms with van der Waals surface area (Å²) in [4.78, 5) is 19.9. The number of hydrogen-bond donors (Lipinski definition) is 2. The van der Waals surface area contributed by atoms with Gasteiger partial charge < -0.3 is 11.1 Å². The zero-order chi connectivity index (χ0) is 13.0. The highest BCUT2D eigenvalue weighted by molar-refractivity contribution is 7.15. The van der Waals surface area contributed by atoms with Crippen LogP contribution in [0, 0.1) is 0 Å². The van der Waals surface area contributed by atoms with Gasteiger partial charge in [0.1, 0.15) is 10.8 Å². The molecular weight excluding hydrogens is 252 g/mol. The molecule has 0 aliphatic rings. The van der Waals surface area contributed by atoms with Gasteiger partial charge in [-0.3, -0.25) is 4.79 Å². The molecular formula is C10H12N6OS. The molecule has 8 heteroatoms. The van der Waals surface area contributed by atoms with Gasteiger partial charge in [0.2, 0.25) is 5.13 Å². The van der Waals surface area contributed by atoms with Crippen LogP contribution >= 0.6 is 11.3 Å². The Morgan fingerprint density at radius 2 is 2.11 bits per heavy atom. The van der Waals surface area contributed by atoms with Gasteiger partial charge in [0.15, 0.2) is 0 Å². The molecule has 0 saturated carbocycles. The lowest BCUT2D eigenvalue weighted by atomic mass is 10.3. The van der Waals surface area contributed by atoms with Gasteiger partial charge in [-0.1, -0.05) is 18.3 Å². The Labute approximate surface area is 107 Å². The smallest absolute Gasteiger partial charge is 0.254 e. The van der Waals surface area contributed by atoms with Crippen LogP contribution in [0.5, 0.6) is 0 Å². The number of amides is 1. The summed E-state index contributed by atoms with van der Waals surface area (Å²) in [6.45, 7) is 2.25. The second-order valence-corrected chi connectivity index (χ2v) is 4.55. The maximum Gasteiger partial charge on any atom is 0.254 e. The molecule has 0 saturated heterocycles. The number of carbonyl (C=O) groups excluding carboxylic acids is 1. The average molecular weight is 264 g/mol. The van der Waals surface area contributed by atoms with Gasteiger partial charge in [-0.25, -0.2) is 9.97 Å². The minimum atomic E-state index is -0.244. The first-order chi connectivity index (χ1) is 8.69. The third-order valence-electron chi connectivity index (χ3n) is 2.17.